The Hall–Kier alpha value is -1.49. The van der Waals surface area contributed by atoms with Crippen molar-refractivity contribution in [3.8, 4) is 0 Å². The van der Waals surface area contributed by atoms with Crippen molar-refractivity contribution in [1.82, 2.24) is 0 Å². The number of carbonyl (C=O) groups is 2. The third kappa shape index (κ3) is 12.7. The number of benzene rings is 4. The number of carboxylic acid groups (broad SMARTS) is 2. The van der Waals surface area contributed by atoms with Crippen molar-refractivity contribution in [3.05, 3.63) is 95.1 Å². The number of hydrogen-bond donors (Lipinski definition) is 3. The van der Waals surface area contributed by atoms with Crippen LogP contribution in [0.4, 0.5) is 0 Å². The second-order valence-corrected chi connectivity index (χ2v) is 6.74. The van der Waals surface area contributed by atoms with Gasteiger partial charge in [-0.1, -0.05) is 87.4 Å². The van der Waals surface area contributed by atoms with Gasteiger partial charge in [0.25, 0.3) is 0 Å². The Kier molecular flexibility index (Phi) is 23.4. The van der Waals surface area contributed by atoms with E-state index in [2.05, 4.69) is 0 Å². The largest absolute Gasteiger partial charge is 0.478 e. The van der Waals surface area contributed by atoms with Crippen LogP contribution < -0.4 is 0 Å². The number of aliphatic hydroxyl groups excluding tert-OH is 1. The van der Waals surface area contributed by atoms with E-state index < -0.39 is 11.9 Å². The number of aryl methyl sites for hydroxylation is 2. The molecule has 4 aromatic rings. The van der Waals surface area contributed by atoms with Gasteiger partial charge in [0, 0.05) is 72.5 Å². The zero-order valence-electron chi connectivity index (χ0n) is 22.2. The Labute approximate surface area is 265 Å². The molecule has 0 bridgehead atoms. The van der Waals surface area contributed by atoms with Gasteiger partial charge in [-0.15, -0.1) is 0 Å². The van der Waals surface area contributed by atoms with E-state index in [0.29, 0.717) is 11.1 Å². The van der Waals surface area contributed by atoms with E-state index >= 15 is 0 Å². The zero-order chi connectivity index (χ0) is 26.3. The molecular weight excluding hydrogens is 606 g/mol. The average molecular weight is 642 g/mol. The van der Waals surface area contributed by atoms with Crippen LogP contribution in [0.5, 0.6) is 0 Å². The quantitative estimate of drug-likeness (QED) is 0.213. The van der Waals surface area contributed by atoms with Crippen LogP contribution in [0.2, 0.25) is 0 Å². The number of aliphatic hydroxyl groups is 1. The molecule has 0 spiro atoms. The zero-order valence-corrected chi connectivity index (χ0v) is 27.9. The SMILES string of the molecule is CC.CC.CO.Cc1ccc2cc(C(=O)O)ccc2c1.Cc1ccc2cc(C(=O)O)ccc2c1.[Y].[Y]. The van der Waals surface area contributed by atoms with Gasteiger partial charge in [-0.3, -0.25) is 0 Å². The summed E-state index contributed by atoms with van der Waals surface area (Å²) in [6.45, 7) is 12.0. The van der Waals surface area contributed by atoms with Gasteiger partial charge in [0.2, 0.25) is 0 Å². The summed E-state index contributed by atoms with van der Waals surface area (Å²) in [5, 5.41) is 28.7. The number of fused-ring (bicyclic) bond motifs is 2. The molecule has 0 heterocycles. The van der Waals surface area contributed by atoms with Crippen molar-refractivity contribution in [1.29, 1.82) is 0 Å². The maximum atomic E-state index is 10.7. The summed E-state index contributed by atoms with van der Waals surface area (Å²) in [6, 6.07) is 22.2. The maximum absolute atomic E-state index is 10.7. The van der Waals surface area contributed by atoms with Crippen molar-refractivity contribution in [3.63, 3.8) is 0 Å². The molecule has 0 aliphatic rings. The van der Waals surface area contributed by atoms with Crippen LogP contribution >= 0.6 is 0 Å². The van der Waals surface area contributed by atoms with E-state index in [0.717, 1.165) is 28.7 Å². The van der Waals surface area contributed by atoms with E-state index in [9.17, 15) is 9.59 Å². The molecule has 4 aromatic carbocycles. The van der Waals surface area contributed by atoms with E-state index in [1.165, 1.54) is 11.1 Å². The number of hydrogen-bond acceptors (Lipinski definition) is 3. The molecule has 5 nitrogen and oxygen atoms in total. The monoisotopic (exact) mass is 642 g/mol. The van der Waals surface area contributed by atoms with Gasteiger partial charge in [0.1, 0.15) is 0 Å². The van der Waals surface area contributed by atoms with Gasteiger partial charge in [-0.2, -0.15) is 0 Å². The number of carboxylic acids is 2. The Balaban J connectivity index is -0.000000479. The second-order valence-electron chi connectivity index (χ2n) is 6.74. The van der Waals surface area contributed by atoms with E-state index in [1.54, 1.807) is 24.3 Å². The number of aromatic carboxylic acids is 2. The minimum Gasteiger partial charge on any atom is -0.478 e. The van der Waals surface area contributed by atoms with Crippen LogP contribution in [0.1, 0.15) is 59.5 Å². The smallest absolute Gasteiger partial charge is 0.335 e. The van der Waals surface area contributed by atoms with Crippen molar-refractivity contribution < 1.29 is 90.3 Å². The summed E-state index contributed by atoms with van der Waals surface area (Å²) in [5.41, 5.74) is 3.03. The molecule has 0 aliphatic carbocycles. The molecule has 188 valence electrons. The Bertz CT molecular complexity index is 1110. The van der Waals surface area contributed by atoms with Gasteiger partial charge in [0.15, 0.2) is 0 Å². The normalized spacial score (nSPS) is 8.56. The fraction of sp³-hybridized carbons (Fsp3) is 0.241. The van der Waals surface area contributed by atoms with Crippen LogP contribution in [-0.2, 0) is 65.4 Å². The molecule has 0 aliphatic heterocycles. The first kappa shape index (κ1) is 39.0. The minimum atomic E-state index is -0.882. The summed E-state index contributed by atoms with van der Waals surface area (Å²) in [7, 11) is 1.00. The predicted molar refractivity (Wildman–Crippen MR) is 142 cm³/mol. The first-order valence-electron chi connectivity index (χ1n) is 11.3. The standard InChI is InChI=1S/2C12H10O2.2C2H6.CH4O.2Y/c2*1-8-2-3-10-7-11(12(13)14)5-4-9(10)6-8;3*1-2;;/h2*2-7H,1H3,(H,13,14);2*1-2H3;2H,1H3;;. The molecule has 2 radical (unpaired) electrons. The Morgan fingerprint density at radius 1 is 0.500 bits per heavy atom. The molecule has 0 aromatic heterocycles. The summed E-state index contributed by atoms with van der Waals surface area (Å²) in [5.74, 6) is -1.76. The molecular formula is C29H36O5Y2. The van der Waals surface area contributed by atoms with Crippen LogP contribution in [0.15, 0.2) is 72.8 Å². The molecule has 0 saturated carbocycles. The van der Waals surface area contributed by atoms with E-state index in [-0.39, 0.29) is 65.4 Å². The fourth-order valence-electron chi connectivity index (χ4n) is 3.00. The summed E-state index contributed by atoms with van der Waals surface area (Å²) in [6.07, 6.45) is 0. The van der Waals surface area contributed by atoms with Gasteiger partial charge in [-0.05, 0) is 59.7 Å². The van der Waals surface area contributed by atoms with Crippen LogP contribution in [0, 0.1) is 13.8 Å². The van der Waals surface area contributed by atoms with Crippen molar-refractivity contribution in [2.24, 2.45) is 0 Å². The Morgan fingerprint density at radius 2 is 0.750 bits per heavy atom. The number of rotatable bonds is 2. The first-order valence-corrected chi connectivity index (χ1v) is 11.3. The second kappa shape index (κ2) is 21.6. The molecule has 0 unspecified atom stereocenters. The molecule has 0 atom stereocenters. The maximum Gasteiger partial charge on any atom is 0.335 e. The summed E-state index contributed by atoms with van der Waals surface area (Å²) < 4.78 is 0. The minimum absolute atomic E-state index is 0. The third-order valence-corrected chi connectivity index (χ3v) is 4.49. The third-order valence-electron chi connectivity index (χ3n) is 4.49. The van der Waals surface area contributed by atoms with Gasteiger partial charge < -0.3 is 15.3 Å². The molecule has 0 amide bonds. The van der Waals surface area contributed by atoms with Crippen molar-refractivity contribution >= 4 is 33.5 Å². The topological polar surface area (TPSA) is 94.8 Å². The molecule has 36 heavy (non-hydrogen) atoms. The summed E-state index contributed by atoms with van der Waals surface area (Å²) >= 11 is 0. The molecule has 3 N–H and O–H groups in total. The van der Waals surface area contributed by atoms with Gasteiger partial charge in [0.05, 0.1) is 11.1 Å². The Morgan fingerprint density at radius 3 is 1.03 bits per heavy atom. The molecule has 4 rings (SSSR count). The fourth-order valence-corrected chi connectivity index (χ4v) is 3.00. The van der Waals surface area contributed by atoms with Crippen LogP contribution in [0.3, 0.4) is 0 Å². The van der Waals surface area contributed by atoms with E-state index in [1.807, 2.05) is 90.1 Å². The van der Waals surface area contributed by atoms with Crippen LogP contribution in [0.25, 0.3) is 21.5 Å². The van der Waals surface area contributed by atoms with Gasteiger partial charge in [-0.25, -0.2) is 9.59 Å². The molecule has 0 fully saturated rings. The van der Waals surface area contributed by atoms with Crippen molar-refractivity contribution in [2.45, 2.75) is 41.5 Å². The average Bonchev–Trinajstić information content (AvgIpc) is 2.87. The van der Waals surface area contributed by atoms with Crippen LogP contribution in [-0.4, -0.2) is 34.4 Å². The van der Waals surface area contributed by atoms with Crippen molar-refractivity contribution in [2.75, 3.05) is 7.11 Å². The van der Waals surface area contributed by atoms with E-state index in [4.69, 9.17) is 15.3 Å². The molecule has 7 heteroatoms. The first-order chi connectivity index (χ1) is 16.3. The summed E-state index contributed by atoms with van der Waals surface area (Å²) in [4.78, 5) is 21.4. The predicted octanol–water partition coefficient (Wildman–Crippen LogP) is 7.35. The van der Waals surface area contributed by atoms with Gasteiger partial charge >= 0.3 is 11.9 Å². The molecule has 0 saturated heterocycles.